The number of fused-ring (bicyclic) bond motifs is 2. The van der Waals surface area contributed by atoms with Gasteiger partial charge in [0.25, 0.3) is 0 Å². The van der Waals surface area contributed by atoms with E-state index >= 15 is 0 Å². The van der Waals surface area contributed by atoms with Gasteiger partial charge in [-0.1, -0.05) is 141 Å². The Morgan fingerprint density at radius 1 is 0.400 bits per heavy atom. The fraction of sp³-hybridized carbons (Fsp3) is 0.0857. The van der Waals surface area contributed by atoms with Gasteiger partial charge >= 0.3 is 0 Å². The third-order valence-electron chi connectivity index (χ3n) is 7.04. The van der Waals surface area contributed by atoms with E-state index in [4.69, 9.17) is 0 Å². The summed E-state index contributed by atoms with van der Waals surface area (Å²) in [5.74, 6) is 0.422. The first-order valence-corrected chi connectivity index (χ1v) is 12.4. The number of hydrogen-bond donors (Lipinski definition) is 0. The van der Waals surface area contributed by atoms with Crippen molar-refractivity contribution in [1.29, 1.82) is 0 Å². The second kappa shape index (κ2) is 8.89. The van der Waals surface area contributed by atoms with Crippen molar-refractivity contribution in [2.45, 2.75) is 19.8 Å². The SMILES string of the molecule is CC(C)c1cc(-c2c3ccccc3c(-c3ccccc3)c3ccccc23)ccc1-c1ccccc1. The smallest absolute Gasteiger partial charge is 0.00263 e. The maximum atomic E-state index is 2.42. The molecule has 0 spiro atoms. The van der Waals surface area contributed by atoms with Gasteiger partial charge in [-0.05, 0) is 66.4 Å². The van der Waals surface area contributed by atoms with E-state index in [2.05, 4.69) is 141 Å². The van der Waals surface area contributed by atoms with Crippen molar-refractivity contribution in [3.05, 3.63) is 133 Å². The van der Waals surface area contributed by atoms with Crippen LogP contribution in [0.15, 0.2) is 127 Å². The zero-order chi connectivity index (χ0) is 23.8. The van der Waals surface area contributed by atoms with Crippen molar-refractivity contribution < 1.29 is 0 Å². The number of hydrogen-bond acceptors (Lipinski definition) is 0. The highest BCUT2D eigenvalue weighted by Crippen LogP contribution is 2.44. The summed E-state index contributed by atoms with van der Waals surface area (Å²) in [6, 6.07) is 46.3. The molecule has 0 radical (unpaired) electrons. The van der Waals surface area contributed by atoms with E-state index in [1.807, 2.05) is 0 Å². The first kappa shape index (κ1) is 21.4. The highest BCUT2D eigenvalue weighted by Gasteiger charge is 2.18. The zero-order valence-corrected chi connectivity index (χ0v) is 20.2. The summed E-state index contributed by atoms with van der Waals surface area (Å²) in [7, 11) is 0. The first-order chi connectivity index (χ1) is 17.2. The van der Waals surface area contributed by atoms with Crippen LogP contribution in [0.5, 0.6) is 0 Å². The normalized spacial score (nSPS) is 11.4. The highest BCUT2D eigenvalue weighted by atomic mass is 14.2. The minimum Gasteiger partial charge on any atom is -0.0622 e. The summed E-state index contributed by atoms with van der Waals surface area (Å²) in [6.45, 7) is 4.58. The van der Waals surface area contributed by atoms with E-state index in [1.54, 1.807) is 0 Å². The maximum absolute atomic E-state index is 2.42. The van der Waals surface area contributed by atoms with Crippen molar-refractivity contribution in [3.63, 3.8) is 0 Å². The molecule has 0 aliphatic heterocycles. The zero-order valence-electron chi connectivity index (χ0n) is 20.2. The van der Waals surface area contributed by atoms with E-state index in [0.29, 0.717) is 5.92 Å². The molecule has 0 amide bonds. The Labute approximate surface area is 207 Å². The molecular formula is C35H28. The molecular weight excluding hydrogens is 420 g/mol. The molecule has 35 heavy (non-hydrogen) atoms. The van der Waals surface area contributed by atoms with Crippen LogP contribution < -0.4 is 0 Å². The van der Waals surface area contributed by atoms with Crippen LogP contribution in [0.3, 0.4) is 0 Å². The average Bonchev–Trinajstić information content (AvgIpc) is 2.92. The lowest BCUT2D eigenvalue weighted by Crippen LogP contribution is -1.95. The van der Waals surface area contributed by atoms with E-state index in [1.165, 1.54) is 60.5 Å². The van der Waals surface area contributed by atoms with Crippen LogP contribution in [-0.4, -0.2) is 0 Å². The number of rotatable bonds is 4. The van der Waals surface area contributed by atoms with Crippen LogP contribution in [0.25, 0.3) is 54.9 Å². The molecule has 6 aromatic rings. The largest absolute Gasteiger partial charge is 0.0622 e. The molecule has 0 unspecified atom stereocenters. The van der Waals surface area contributed by atoms with Crippen LogP contribution >= 0.6 is 0 Å². The molecule has 0 heterocycles. The first-order valence-electron chi connectivity index (χ1n) is 12.4. The van der Waals surface area contributed by atoms with Gasteiger partial charge in [-0.25, -0.2) is 0 Å². The Morgan fingerprint density at radius 2 is 0.829 bits per heavy atom. The predicted molar refractivity (Wildman–Crippen MR) is 152 cm³/mol. The summed E-state index contributed by atoms with van der Waals surface area (Å²) in [5.41, 5.74) is 9.14. The highest BCUT2D eigenvalue weighted by molar-refractivity contribution is 6.21. The molecule has 6 aromatic carbocycles. The summed E-state index contributed by atoms with van der Waals surface area (Å²) in [5, 5.41) is 5.19. The molecule has 0 atom stereocenters. The maximum Gasteiger partial charge on any atom is -0.00263 e. The predicted octanol–water partition coefficient (Wildman–Crippen LogP) is 10.1. The molecule has 0 aliphatic carbocycles. The summed E-state index contributed by atoms with van der Waals surface area (Å²) >= 11 is 0. The Bertz CT molecular complexity index is 1580. The van der Waals surface area contributed by atoms with E-state index in [0.717, 1.165) is 0 Å². The van der Waals surface area contributed by atoms with Crippen molar-refractivity contribution in [1.82, 2.24) is 0 Å². The van der Waals surface area contributed by atoms with E-state index < -0.39 is 0 Å². The van der Waals surface area contributed by atoms with Crippen molar-refractivity contribution in [2.24, 2.45) is 0 Å². The minimum absolute atomic E-state index is 0.422. The van der Waals surface area contributed by atoms with Gasteiger partial charge < -0.3 is 0 Å². The molecule has 6 rings (SSSR count). The summed E-state index contributed by atoms with van der Waals surface area (Å²) in [4.78, 5) is 0. The molecule has 0 saturated heterocycles. The van der Waals surface area contributed by atoms with Crippen molar-refractivity contribution >= 4 is 21.5 Å². The fourth-order valence-electron chi connectivity index (χ4n) is 5.43. The second-order valence-electron chi connectivity index (χ2n) is 9.53. The molecule has 0 aromatic heterocycles. The lowest BCUT2D eigenvalue weighted by atomic mass is 9.84. The molecule has 168 valence electrons. The van der Waals surface area contributed by atoms with Crippen LogP contribution in [0, 0.1) is 0 Å². The van der Waals surface area contributed by atoms with Crippen molar-refractivity contribution in [3.8, 4) is 33.4 Å². The van der Waals surface area contributed by atoms with Gasteiger partial charge in [-0.2, -0.15) is 0 Å². The molecule has 0 N–H and O–H groups in total. The number of benzene rings is 6. The third-order valence-corrected chi connectivity index (χ3v) is 7.04. The quantitative estimate of drug-likeness (QED) is 0.235. The van der Waals surface area contributed by atoms with Gasteiger partial charge in [0.05, 0.1) is 0 Å². The molecule has 0 saturated carbocycles. The van der Waals surface area contributed by atoms with Crippen LogP contribution in [0.1, 0.15) is 25.3 Å². The Morgan fingerprint density at radius 3 is 1.31 bits per heavy atom. The monoisotopic (exact) mass is 448 g/mol. The third kappa shape index (κ3) is 3.72. The Hall–Kier alpha value is -4.16. The Balaban J connectivity index is 1.69. The van der Waals surface area contributed by atoms with Gasteiger partial charge in [-0.3, -0.25) is 0 Å². The van der Waals surface area contributed by atoms with Crippen LogP contribution in [0.4, 0.5) is 0 Å². The standard InChI is InChI=1S/C35H28/c1-24(2)33-23-27(21-22-28(33)25-13-5-3-6-14-25)35-31-19-11-9-17-29(31)34(26-15-7-4-8-16-26)30-18-10-12-20-32(30)35/h3-24H,1-2H3. The van der Waals surface area contributed by atoms with E-state index in [-0.39, 0.29) is 0 Å². The van der Waals surface area contributed by atoms with Crippen molar-refractivity contribution in [2.75, 3.05) is 0 Å². The van der Waals surface area contributed by atoms with Crippen LogP contribution in [-0.2, 0) is 0 Å². The fourth-order valence-corrected chi connectivity index (χ4v) is 5.43. The molecule has 0 aliphatic rings. The van der Waals surface area contributed by atoms with Gasteiger partial charge in [0.1, 0.15) is 0 Å². The van der Waals surface area contributed by atoms with Crippen LogP contribution in [0.2, 0.25) is 0 Å². The molecule has 0 nitrogen and oxygen atoms in total. The van der Waals surface area contributed by atoms with Gasteiger partial charge in [0, 0.05) is 0 Å². The van der Waals surface area contributed by atoms with Gasteiger partial charge in [0.2, 0.25) is 0 Å². The van der Waals surface area contributed by atoms with Gasteiger partial charge in [0.15, 0.2) is 0 Å². The van der Waals surface area contributed by atoms with Gasteiger partial charge in [-0.15, -0.1) is 0 Å². The summed E-state index contributed by atoms with van der Waals surface area (Å²) in [6.07, 6.45) is 0. The molecule has 0 heteroatoms. The lowest BCUT2D eigenvalue weighted by Gasteiger charge is -2.20. The lowest BCUT2D eigenvalue weighted by molar-refractivity contribution is 0.869. The summed E-state index contributed by atoms with van der Waals surface area (Å²) < 4.78 is 0. The second-order valence-corrected chi connectivity index (χ2v) is 9.53. The topological polar surface area (TPSA) is 0 Å². The molecule has 0 bridgehead atoms. The average molecular weight is 449 g/mol. The minimum atomic E-state index is 0.422. The Kier molecular flexibility index (Phi) is 5.43. The molecule has 0 fully saturated rings. The van der Waals surface area contributed by atoms with E-state index in [9.17, 15) is 0 Å².